The van der Waals surface area contributed by atoms with Crippen LogP contribution in [0.1, 0.15) is 21.5 Å². The molecule has 0 fully saturated rings. The van der Waals surface area contributed by atoms with Crippen molar-refractivity contribution in [2.24, 2.45) is 5.73 Å². The van der Waals surface area contributed by atoms with Crippen molar-refractivity contribution in [3.05, 3.63) is 59.2 Å². The van der Waals surface area contributed by atoms with Gasteiger partial charge in [-0.15, -0.1) is 0 Å². The summed E-state index contributed by atoms with van der Waals surface area (Å²) in [6, 6.07) is 12.7. The van der Waals surface area contributed by atoms with Gasteiger partial charge in [0.15, 0.2) is 0 Å². The third kappa shape index (κ3) is 3.93. The molecule has 0 saturated heterocycles. The van der Waals surface area contributed by atoms with E-state index in [4.69, 9.17) is 5.73 Å². The Hall–Kier alpha value is -2.66. The Morgan fingerprint density at radius 1 is 1.05 bits per heavy atom. The third-order valence-corrected chi connectivity index (χ3v) is 3.24. The van der Waals surface area contributed by atoms with E-state index < -0.39 is 0 Å². The molecule has 2 aromatic rings. The Kier molecular flexibility index (Phi) is 4.91. The molecule has 0 heterocycles. The Morgan fingerprint density at radius 2 is 1.82 bits per heavy atom. The van der Waals surface area contributed by atoms with Gasteiger partial charge in [-0.05, 0) is 43.7 Å². The monoisotopic (exact) mass is 297 g/mol. The molecule has 5 heteroatoms. The molecule has 0 bridgehead atoms. The first-order chi connectivity index (χ1) is 10.5. The van der Waals surface area contributed by atoms with Crippen LogP contribution in [0.4, 0.5) is 11.4 Å². The van der Waals surface area contributed by atoms with Crippen molar-refractivity contribution >= 4 is 23.2 Å². The fraction of sp³-hybridized carbons (Fsp3) is 0.176. The molecule has 2 aromatic carbocycles. The van der Waals surface area contributed by atoms with Crippen molar-refractivity contribution in [1.29, 1.82) is 0 Å². The number of rotatable bonds is 4. The van der Waals surface area contributed by atoms with E-state index in [1.54, 1.807) is 18.2 Å². The van der Waals surface area contributed by atoms with Crippen molar-refractivity contribution in [1.82, 2.24) is 0 Å². The molecule has 0 aliphatic carbocycles. The average molecular weight is 297 g/mol. The largest absolute Gasteiger partial charge is 0.325 e. The van der Waals surface area contributed by atoms with Gasteiger partial charge in [-0.1, -0.05) is 23.8 Å². The first-order valence-electron chi connectivity index (χ1n) is 6.98. The summed E-state index contributed by atoms with van der Waals surface area (Å²) in [5.74, 6) is -0.464. The SMILES string of the molecule is Cc1cccc(C(=O)Nc2cc(NC(=O)CN)ccc2C)c1. The van der Waals surface area contributed by atoms with Gasteiger partial charge in [-0.3, -0.25) is 9.59 Å². The number of aryl methyl sites for hydroxylation is 2. The molecule has 114 valence electrons. The number of benzene rings is 2. The van der Waals surface area contributed by atoms with E-state index in [2.05, 4.69) is 10.6 Å². The molecule has 4 N–H and O–H groups in total. The summed E-state index contributed by atoms with van der Waals surface area (Å²) < 4.78 is 0. The minimum absolute atomic E-state index is 0.0845. The molecule has 5 nitrogen and oxygen atoms in total. The van der Waals surface area contributed by atoms with E-state index in [1.165, 1.54) is 0 Å². The Morgan fingerprint density at radius 3 is 2.50 bits per heavy atom. The van der Waals surface area contributed by atoms with Gasteiger partial charge in [0.1, 0.15) is 0 Å². The van der Waals surface area contributed by atoms with Gasteiger partial charge >= 0.3 is 0 Å². The molecular formula is C17H19N3O2. The fourth-order valence-electron chi connectivity index (χ4n) is 2.03. The molecular weight excluding hydrogens is 278 g/mol. The lowest BCUT2D eigenvalue weighted by molar-refractivity contribution is -0.114. The maximum absolute atomic E-state index is 12.3. The van der Waals surface area contributed by atoms with E-state index in [0.717, 1.165) is 11.1 Å². The Labute approximate surface area is 129 Å². The van der Waals surface area contributed by atoms with Crippen LogP contribution in [0.2, 0.25) is 0 Å². The topological polar surface area (TPSA) is 84.2 Å². The van der Waals surface area contributed by atoms with Crippen molar-refractivity contribution in [2.75, 3.05) is 17.2 Å². The number of nitrogens with two attached hydrogens (primary N) is 1. The number of anilines is 2. The smallest absolute Gasteiger partial charge is 0.255 e. The van der Waals surface area contributed by atoms with Crippen LogP contribution in [0, 0.1) is 13.8 Å². The predicted octanol–water partition coefficient (Wildman–Crippen LogP) is 2.45. The van der Waals surface area contributed by atoms with Gasteiger partial charge in [-0.2, -0.15) is 0 Å². The second-order valence-electron chi connectivity index (χ2n) is 5.11. The van der Waals surface area contributed by atoms with Crippen LogP contribution >= 0.6 is 0 Å². The summed E-state index contributed by atoms with van der Waals surface area (Å²) in [6.07, 6.45) is 0. The minimum atomic E-state index is -0.278. The lowest BCUT2D eigenvalue weighted by Crippen LogP contribution is -2.22. The van der Waals surface area contributed by atoms with E-state index in [1.807, 2.05) is 38.1 Å². The third-order valence-electron chi connectivity index (χ3n) is 3.24. The Bertz CT molecular complexity index is 711. The van der Waals surface area contributed by atoms with Crippen LogP contribution in [-0.4, -0.2) is 18.4 Å². The number of nitrogens with one attached hydrogen (secondary N) is 2. The summed E-state index contributed by atoms with van der Waals surface area (Å²) >= 11 is 0. The summed E-state index contributed by atoms with van der Waals surface area (Å²) in [7, 11) is 0. The van der Waals surface area contributed by atoms with Crippen molar-refractivity contribution in [3.8, 4) is 0 Å². The second kappa shape index (κ2) is 6.87. The quantitative estimate of drug-likeness (QED) is 0.810. The van der Waals surface area contributed by atoms with E-state index >= 15 is 0 Å². The van der Waals surface area contributed by atoms with Crippen molar-refractivity contribution < 1.29 is 9.59 Å². The van der Waals surface area contributed by atoms with E-state index in [9.17, 15) is 9.59 Å². The molecule has 0 aliphatic heterocycles. The van der Waals surface area contributed by atoms with Gasteiger partial charge in [0, 0.05) is 16.9 Å². The molecule has 2 rings (SSSR count). The predicted molar refractivity (Wildman–Crippen MR) is 88.0 cm³/mol. The first-order valence-corrected chi connectivity index (χ1v) is 6.98. The lowest BCUT2D eigenvalue weighted by atomic mass is 10.1. The zero-order valence-electron chi connectivity index (χ0n) is 12.6. The highest BCUT2D eigenvalue weighted by Crippen LogP contribution is 2.21. The van der Waals surface area contributed by atoms with Crippen molar-refractivity contribution in [3.63, 3.8) is 0 Å². The van der Waals surface area contributed by atoms with Crippen LogP contribution in [0.3, 0.4) is 0 Å². The number of hydrogen-bond donors (Lipinski definition) is 3. The Balaban J connectivity index is 2.19. The van der Waals surface area contributed by atoms with Gasteiger partial charge in [0.2, 0.25) is 5.91 Å². The van der Waals surface area contributed by atoms with Crippen LogP contribution < -0.4 is 16.4 Å². The van der Waals surface area contributed by atoms with Crippen LogP contribution in [0.15, 0.2) is 42.5 Å². The number of carbonyl (C=O) groups is 2. The molecule has 22 heavy (non-hydrogen) atoms. The highest BCUT2D eigenvalue weighted by atomic mass is 16.2. The normalized spacial score (nSPS) is 10.1. The average Bonchev–Trinajstić information content (AvgIpc) is 2.50. The maximum Gasteiger partial charge on any atom is 0.255 e. The molecule has 0 spiro atoms. The zero-order chi connectivity index (χ0) is 16.1. The number of hydrogen-bond acceptors (Lipinski definition) is 3. The standard InChI is InChI=1S/C17H19N3O2/c1-11-4-3-5-13(8-11)17(22)20-15-9-14(7-6-12(15)2)19-16(21)10-18/h3-9H,10,18H2,1-2H3,(H,19,21)(H,20,22). The second-order valence-corrected chi connectivity index (χ2v) is 5.11. The molecule has 0 aromatic heterocycles. The van der Waals surface area contributed by atoms with Gasteiger partial charge < -0.3 is 16.4 Å². The summed E-state index contributed by atoms with van der Waals surface area (Å²) in [4.78, 5) is 23.6. The molecule has 0 radical (unpaired) electrons. The summed E-state index contributed by atoms with van der Waals surface area (Å²) in [5.41, 5.74) is 9.05. The van der Waals surface area contributed by atoms with Gasteiger partial charge in [-0.25, -0.2) is 0 Å². The lowest BCUT2D eigenvalue weighted by Gasteiger charge is -2.11. The van der Waals surface area contributed by atoms with Crippen LogP contribution in [0.25, 0.3) is 0 Å². The number of carbonyl (C=O) groups excluding carboxylic acids is 2. The van der Waals surface area contributed by atoms with Crippen molar-refractivity contribution in [2.45, 2.75) is 13.8 Å². The fourth-order valence-corrected chi connectivity index (χ4v) is 2.03. The highest BCUT2D eigenvalue weighted by molar-refractivity contribution is 6.05. The zero-order valence-corrected chi connectivity index (χ0v) is 12.6. The summed E-state index contributed by atoms with van der Waals surface area (Å²) in [6.45, 7) is 3.74. The molecule has 0 atom stereocenters. The number of amides is 2. The van der Waals surface area contributed by atoms with Crippen LogP contribution in [0.5, 0.6) is 0 Å². The van der Waals surface area contributed by atoms with E-state index in [-0.39, 0.29) is 18.4 Å². The molecule has 0 aliphatic rings. The van der Waals surface area contributed by atoms with E-state index in [0.29, 0.717) is 16.9 Å². The van der Waals surface area contributed by atoms with Crippen LogP contribution in [-0.2, 0) is 4.79 Å². The maximum atomic E-state index is 12.3. The molecule has 0 saturated carbocycles. The minimum Gasteiger partial charge on any atom is -0.325 e. The first kappa shape index (κ1) is 15.7. The highest BCUT2D eigenvalue weighted by Gasteiger charge is 2.09. The summed E-state index contributed by atoms with van der Waals surface area (Å²) in [5, 5.41) is 5.53. The molecule has 0 unspecified atom stereocenters. The van der Waals surface area contributed by atoms with Gasteiger partial charge in [0.25, 0.3) is 5.91 Å². The van der Waals surface area contributed by atoms with Gasteiger partial charge in [0.05, 0.1) is 6.54 Å². The molecule has 2 amide bonds.